The van der Waals surface area contributed by atoms with Gasteiger partial charge >= 0.3 is 6.09 Å². The molecular weight excluding hydrogens is 618 g/mol. The lowest BCUT2D eigenvalue weighted by atomic mass is 10.0. The van der Waals surface area contributed by atoms with Crippen LogP contribution in [-0.2, 0) is 29.0 Å². The summed E-state index contributed by atoms with van der Waals surface area (Å²) < 4.78 is 35.1. The van der Waals surface area contributed by atoms with Gasteiger partial charge in [0.1, 0.15) is 40.6 Å². The van der Waals surface area contributed by atoms with Crippen molar-refractivity contribution in [2.24, 2.45) is 0 Å². The summed E-state index contributed by atoms with van der Waals surface area (Å²) >= 11 is 0. The zero-order chi connectivity index (χ0) is 32.3. The summed E-state index contributed by atoms with van der Waals surface area (Å²) in [6.45, 7) is 5.78. The molecule has 1 aromatic heterocycles. The van der Waals surface area contributed by atoms with Crippen LogP contribution in [-0.4, -0.2) is 49.6 Å². The molecule has 0 bridgehead atoms. The minimum absolute atomic E-state index is 0. The van der Waals surface area contributed by atoms with E-state index in [1.165, 1.54) is 48.5 Å². The van der Waals surface area contributed by atoms with Crippen LogP contribution < -0.4 is 10.6 Å². The van der Waals surface area contributed by atoms with Crippen LogP contribution in [0, 0.1) is 21.7 Å². The lowest BCUT2D eigenvalue weighted by molar-refractivity contribution is -0.384. The zero-order valence-electron chi connectivity index (χ0n) is 25.4. The number of aromatic nitrogens is 2. The summed E-state index contributed by atoms with van der Waals surface area (Å²) in [7, 11) is 0. The fourth-order valence-electron chi connectivity index (χ4n) is 5.01. The molecule has 242 valence electrons. The van der Waals surface area contributed by atoms with Gasteiger partial charge in [-0.3, -0.25) is 14.9 Å². The van der Waals surface area contributed by atoms with Crippen LogP contribution >= 0.6 is 13.5 Å². The summed E-state index contributed by atoms with van der Waals surface area (Å²) in [6, 6.07) is 16.5. The first-order chi connectivity index (χ1) is 21.4. The molecule has 1 aliphatic heterocycles. The number of fused-ring (bicyclic) bond motifs is 1. The van der Waals surface area contributed by atoms with Gasteiger partial charge in [0, 0.05) is 42.9 Å². The first kappa shape index (κ1) is 33.9. The molecule has 2 heterocycles. The van der Waals surface area contributed by atoms with Gasteiger partial charge in [0.05, 0.1) is 11.5 Å². The predicted molar refractivity (Wildman–Crippen MR) is 173 cm³/mol. The van der Waals surface area contributed by atoms with Gasteiger partial charge in [0.2, 0.25) is 5.91 Å². The Morgan fingerprint density at radius 1 is 1.02 bits per heavy atom. The van der Waals surface area contributed by atoms with Gasteiger partial charge in [0.15, 0.2) is 0 Å². The molecule has 0 spiro atoms. The van der Waals surface area contributed by atoms with E-state index in [0.29, 0.717) is 40.7 Å². The summed E-state index contributed by atoms with van der Waals surface area (Å²) in [5, 5.41) is 17.0. The van der Waals surface area contributed by atoms with Crippen LogP contribution in [0.5, 0.6) is 0 Å². The molecule has 0 saturated carbocycles. The fourth-order valence-corrected chi connectivity index (χ4v) is 5.01. The molecule has 1 atom stereocenters. The van der Waals surface area contributed by atoms with E-state index in [4.69, 9.17) is 9.72 Å². The number of anilines is 2. The molecule has 0 radical (unpaired) electrons. The Hall–Kier alpha value is -4.98. The Balaban J connectivity index is 0.00000480. The minimum Gasteiger partial charge on any atom is -0.444 e. The molecule has 0 aliphatic carbocycles. The molecule has 2 amide bonds. The van der Waals surface area contributed by atoms with Crippen molar-refractivity contribution >= 4 is 42.7 Å². The lowest BCUT2D eigenvalue weighted by Gasteiger charge is -2.32. The van der Waals surface area contributed by atoms with Gasteiger partial charge < -0.3 is 24.8 Å². The number of non-ortho nitro benzene ring substituents is 1. The molecule has 11 nitrogen and oxygen atoms in total. The normalized spacial score (nSPS) is 13.2. The van der Waals surface area contributed by atoms with Gasteiger partial charge in [-0.1, -0.05) is 24.3 Å². The van der Waals surface area contributed by atoms with E-state index in [9.17, 15) is 28.5 Å². The van der Waals surface area contributed by atoms with Crippen molar-refractivity contribution in [3.8, 4) is 11.3 Å². The molecule has 0 unspecified atom stereocenters. The highest BCUT2D eigenvalue weighted by Crippen LogP contribution is 2.34. The quantitative estimate of drug-likeness (QED) is 0.174. The highest BCUT2D eigenvalue weighted by Gasteiger charge is 2.33. The van der Waals surface area contributed by atoms with Crippen molar-refractivity contribution in [3.63, 3.8) is 0 Å². The lowest BCUT2D eigenvalue weighted by Crippen LogP contribution is -2.52. The third-order valence-electron chi connectivity index (χ3n) is 7.07. The number of nitro groups is 1. The van der Waals surface area contributed by atoms with Crippen LogP contribution in [0.2, 0.25) is 0 Å². The largest absolute Gasteiger partial charge is 0.444 e. The number of hydrogen-bond donors (Lipinski definition) is 2. The number of hydrogen-bond acceptors (Lipinski definition) is 7. The average Bonchev–Trinajstić information content (AvgIpc) is 3.34. The molecule has 0 saturated heterocycles. The second kappa shape index (κ2) is 14.0. The Labute approximate surface area is 271 Å². The SMILES string of the molecule is CC(C)(C)OC(=O)N[C@@H](Cc1ccc([N+](=O)[O-])cc1)C(=O)N1CCn2c(nc(-c3cccc(F)c3)c2Nc2ccc(F)cc2)C1.S. The van der Waals surface area contributed by atoms with Crippen LogP contribution in [0.4, 0.5) is 30.8 Å². The molecular formula is C32H34F2N6O5S. The summed E-state index contributed by atoms with van der Waals surface area (Å²) in [5.41, 5.74) is 1.28. The number of halogens is 2. The number of benzene rings is 3. The topological polar surface area (TPSA) is 132 Å². The molecule has 3 aromatic carbocycles. The smallest absolute Gasteiger partial charge is 0.408 e. The first-order valence-corrected chi connectivity index (χ1v) is 14.3. The second-order valence-corrected chi connectivity index (χ2v) is 11.6. The van der Waals surface area contributed by atoms with Gasteiger partial charge in [-0.2, -0.15) is 13.5 Å². The van der Waals surface area contributed by atoms with Crippen LogP contribution in [0.15, 0.2) is 72.8 Å². The number of alkyl carbamates (subject to hydrolysis) is 1. The maximum atomic E-state index is 14.2. The third-order valence-corrected chi connectivity index (χ3v) is 7.07. The fraction of sp³-hybridized carbons (Fsp3) is 0.281. The van der Waals surface area contributed by atoms with Gasteiger partial charge in [0.25, 0.3) is 5.69 Å². The molecule has 46 heavy (non-hydrogen) atoms. The maximum absolute atomic E-state index is 14.2. The number of nitrogens with one attached hydrogen (secondary N) is 2. The number of nitrogens with zero attached hydrogens (tertiary/aromatic N) is 4. The number of carbonyl (C=O) groups excluding carboxylic acids is 2. The second-order valence-electron chi connectivity index (χ2n) is 11.6. The van der Waals surface area contributed by atoms with Gasteiger partial charge in [-0.25, -0.2) is 18.6 Å². The number of ether oxygens (including phenoxy) is 1. The number of nitro benzene ring substituents is 1. The minimum atomic E-state index is -1.04. The van der Waals surface area contributed by atoms with E-state index in [0.717, 1.165) is 0 Å². The number of rotatable bonds is 8. The van der Waals surface area contributed by atoms with Gasteiger partial charge in [-0.15, -0.1) is 0 Å². The Morgan fingerprint density at radius 2 is 1.72 bits per heavy atom. The van der Waals surface area contributed by atoms with E-state index in [1.54, 1.807) is 49.9 Å². The highest BCUT2D eigenvalue weighted by molar-refractivity contribution is 7.59. The van der Waals surface area contributed by atoms with Gasteiger partial charge in [-0.05, 0) is 62.7 Å². The van der Waals surface area contributed by atoms with Crippen molar-refractivity contribution in [2.75, 3.05) is 11.9 Å². The third kappa shape index (κ3) is 8.18. The Bertz CT molecular complexity index is 1720. The molecule has 4 aromatic rings. The standard InChI is InChI=1S/C32H32F2N6O5.H2S/c1-32(2,3)45-31(42)36-26(17-20-7-13-25(14-8-20)40(43)44)30(41)38-15-16-39-27(19-38)37-28(21-5-4-6-23(34)18-21)29(39)35-24-11-9-22(33)10-12-24;/h4-14,18,26,35H,15-17,19H2,1-3H3,(H,36,42);1H2/t26-;/m0./s1. The van der Waals surface area contributed by atoms with Crippen molar-refractivity contribution in [3.05, 3.63) is 106 Å². The zero-order valence-corrected chi connectivity index (χ0v) is 26.4. The van der Waals surface area contributed by atoms with E-state index in [-0.39, 0.29) is 38.7 Å². The summed E-state index contributed by atoms with van der Waals surface area (Å²) in [6.07, 6.45) is -0.715. The van der Waals surface area contributed by atoms with Crippen LogP contribution in [0.1, 0.15) is 32.2 Å². The number of imidazole rings is 1. The van der Waals surface area contributed by atoms with E-state index < -0.39 is 40.2 Å². The monoisotopic (exact) mass is 652 g/mol. The number of carbonyl (C=O) groups is 2. The highest BCUT2D eigenvalue weighted by atomic mass is 32.1. The Kier molecular flexibility index (Phi) is 10.3. The summed E-state index contributed by atoms with van der Waals surface area (Å²) in [5.74, 6) is -0.147. The average molecular weight is 653 g/mol. The molecule has 0 fully saturated rings. The maximum Gasteiger partial charge on any atom is 0.408 e. The number of amides is 2. The van der Waals surface area contributed by atoms with Crippen molar-refractivity contribution in [2.45, 2.75) is 51.9 Å². The van der Waals surface area contributed by atoms with E-state index >= 15 is 0 Å². The predicted octanol–water partition coefficient (Wildman–Crippen LogP) is 6.07. The molecule has 14 heteroatoms. The molecule has 1 aliphatic rings. The molecule has 2 N–H and O–H groups in total. The van der Waals surface area contributed by atoms with Crippen molar-refractivity contribution in [1.29, 1.82) is 0 Å². The van der Waals surface area contributed by atoms with Crippen LogP contribution in [0.25, 0.3) is 11.3 Å². The van der Waals surface area contributed by atoms with E-state index in [1.807, 2.05) is 4.57 Å². The Morgan fingerprint density at radius 3 is 2.35 bits per heavy atom. The van der Waals surface area contributed by atoms with Crippen molar-refractivity contribution in [1.82, 2.24) is 19.8 Å². The van der Waals surface area contributed by atoms with E-state index in [2.05, 4.69) is 10.6 Å². The summed E-state index contributed by atoms with van der Waals surface area (Å²) in [4.78, 5) is 43.6. The first-order valence-electron chi connectivity index (χ1n) is 14.3. The molecule has 5 rings (SSSR count). The van der Waals surface area contributed by atoms with Crippen molar-refractivity contribution < 1.29 is 28.0 Å². The van der Waals surface area contributed by atoms with Crippen LogP contribution in [0.3, 0.4) is 0 Å².